The summed E-state index contributed by atoms with van der Waals surface area (Å²) in [4.78, 5) is 32.3. The predicted octanol–water partition coefficient (Wildman–Crippen LogP) is 3.75. The molecule has 8 nitrogen and oxygen atoms in total. The molecule has 0 atom stereocenters. The van der Waals surface area contributed by atoms with E-state index in [-0.39, 0.29) is 23.9 Å². The molecule has 0 unspecified atom stereocenters. The highest BCUT2D eigenvalue weighted by Crippen LogP contribution is 2.21. The highest BCUT2D eigenvalue weighted by molar-refractivity contribution is 5.98. The Kier molecular flexibility index (Phi) is 6.62. The molecule has 8 heteroatoms. The van der Waals surface area contributed by atoms with Gasteiger partial charge in [-0.25, -0.2) is 9.67 Å². The van der Waals surface area contributed by atoms with Gasteiger partial charge in [0.25, 0.3) is 11.8 Å². The Balaban J connectivity index is 1.36. The molecular weight excluding hydrogens is 418 g/mol. The molecule has 2 aromatic heterocycles. The molecule has 3 heterocycles. The number of pyridine rings is 1. The summed E-state index contributed by atoms with van der Waals surface area (Å²) >= 11 is 0. The van der Waals surface area contributed by atoms with Gasteiger partial charge < -0.3 is 15.0 Å². The van der Waals surface area contributed by atoms with Gasteiger partial charge in [-0.3, -0.25) is 9.59 Å². The highest BCUT2D eigenvalue weighted by atomic mass is 16.5. The second-order valence-electron chi connectivity index (χ2n) is 8.71. The average Bonchev–Trinajstić information content (AvgIpc) is 3.22. The van der Waals surface area contributed by atoms with Crippen molar-refractivity contribution < 1.29 is 14.3 Å². The minimum Gasteiger partial charge on any atom is -0.494 e. The fraction of sp³-hybridized carbons (Fsp3) is 0.440. The number of nitrogens with zero attached hydrogens (tertiary/aromatic N) is 4. The van der Waals surface area contributed by atoms with E-state index in [4.69, 9.17) is 4.74 Å². The molecule has 4 rings (SSSR count). The van der Waals surface area contributed by atoms with E-state index in [1.165, 1.54) is 0 Å². The van der Waals surface area contributed by atoms with Crippen molar-refractivity contribution in [2.45, 2.75) is 52.6 Å². The molecule has 1 aliphatic heterocycles. The fourth-order valence-corrected chi connectivity index (χ4v) is 4.21. The summed E-state index contributed by atoms with van der Waals surface area (Å²) in [5, 5.41) is 8.38. The van der Waals surface area contributed by atoms with Crippen molar-refractivity contribution in [3.63, 3.8) is 0 Å². The second-order valence-corrected chi connectivity index (χ2v) is 8.71. The van der Waals surface area contributed by atoms with Crippen LogP contribution >= 0.6 is 0 Å². The Morgan fingerprint density at radius 2 is 1.88 bits per heavy atom. The van der Waals surface area contributed by atoms with Crippen LogP contribution in [0.15, 0.2) is 36.5 Å². The lowest BCUT2D eigenvalue weighted by Crippen LogP contribution is -2.46. The van der Waals surface area contributed by atoms with E-state index in [9.17, 15) is 9.59 Å². The van der Waals surface area contributed by atoms with Gasteiger partial charge >= 0.3 is 0 Å². The Morgan fingerprint density at radius 1 is 1.18 bits per heavy atom. The van der Waals surface area contributed by atoms with Gasteiger partial charge in [0.15, 0.2) is 5.65 Å². The first-order valence-corrected chi connectivity index (χ1v) is 11.5. The predicted molar refractivity (Wildman–Crippen MR) is 127 cm³/mol. The topological polar surface area (TPSA) is 89.4 Å². The number of fused-ring (bicyclic) bond motifs is 1. The summed E-state index contributed by atoms with van der Waals surface area (Å²) in [6.07, 6.45) is 3.19. The maximum Gasteiger partial charge on any atom is 0.253 e. The van der Waals surface area contributed by atoms with Crippen molar-refractivity contribution in [3.8, 4) is 5.75 Å². The summed E-state index contributed by atoms with van der Waals surface area (Å²) in [6, 6.07) is 9.33. The molecule has 0 saturated carbocycles. The molecule has 0 spiro atoms. The third kappa shape index (κ3) is 4.84. The van der Waals surface area contributed by atoms with Crippen LogP contribution in [-0.4, -0.2) is 57.2 Å². The quantitative estimate of drug-likeness (QED) is 0.619. The molecule has 1 aliphatic rings. The maximum atomic E-state index is 13.0. The van der Waals surface area contributed by atoms with Gasteiger partial charge in [0.1, 0.15) is 5.75 Å². The van der Waals surface area contributed by atoms with Crippen molar-refractivity contribution in [2.75, 3.05) is 19.7 Å². The number of benzene rings is 1. The molecule has 33 heavy (non-hydrogen) atoms. The molecule has 2 amide bonds. The zero-order valence-corrected chi connectivity index (χ0v) is 19.7. The van der Waals surface area contributed by atoms with Crippen molar-refractivity contribution in [1.82, 2.24) is 25.0 Å². The van der Waals surface area contributed by atoms with E-state index in [0.717, 1.165) is 16.8 Å². The molecule has 1 aromatic carbocycles. The number of likely N-dealkylation sites (tertiary alicyclic amines) is 1. The number of aromatic nitrogens is 3. The monoisotopic (exact) mass is 449 g/mol. The van der Waals surface area contributed by atoms with Crippen molar-refractivity contribution >= 4 is 22.8 Å². The summed E-state index contributed by atoms with van der Waals surface area (Å²) < 4.78 is 7.31. The van der Waals surface area contributed by atoms with E-state index in [1.54, 1.807) is 18.3 Å². The number of ether oxygens (including phenoxy) is 1. The van der Waals surface area contributed by atoms with Crippen LogP contribution in [0, 0.1) is 6.92 Å². The van der Waals surface area contributed by atoms with E-state index in [2.05, 4.69) is 29.2 Å². The van der Waals surface area contributed by atoms with Gasteiger partial charge in [0.2, 0.25) is 0 Å². The van der Waals surface area contributed by atoms with Crippen molar-refractivity contribution in [1.29, 1.82) is 0 Å². The van der Waals surface area contributed by atoms with Gasteiger partial charge in [0.05, 0.1) is 24.1 Å². The summed E-state index contributed by atoms with van der Waals surface area (Å²) in [6.45, 7) is 9.69. The molecular formula is C25H31N5O3. The number of nitrogens with one attached hydrogen (secondary N) is 1. The van der Waals surface area contributed by atoms with Gasteiger partial charge in [0, 0.05) is 36.1 Å². The first-order valence-electron chi connectivity index (χ1n) is 11.5. The molecule has 1 N–H and O–H groups in total. The Morgan fingerprint density at radius 3 is 2.52 bits per heavy atom. The molecule has 1 saturated heterocycles. The Bertz CT molecular complexity index is 1140. The van der Waals surface area contributed by atoms with E-state index in [1.807, 2.05) is 41.6 Å². The SMILES string of the molecule is CCOc1ccc(C(=O)N2CCC(NC(=O)c3cc4cnn(C(C)C)c4nc3C)CC2)cc1. The standard InChI is InChI=1S/C25H31N5O3/c1-5-33-21-8-6-18(7-9-21)25(32)29-12-10-20(11-13-29)28-24(31)22-14-19-15-26-30(16(2)3)23(19)27-17(22)4/h6-9,14-16,20H,5,10-13H2,1-4H3,(H,28,31). The molecule has 0 radical (unpaired) electrons. The van der Waals surface area contributed by atoms with Gasteiger partial charge in [-0.15, -0.1) is 0 Å². The van der Waals surface area contributed by atoms with Gasteiger partial charge in [-0.05, 0) is 70.9 Å². The van der Waals surface area contributed by atoms with E-state index >= 15 is 0 Å². The van der Waals surface area contributed by atoms with Crippen LogP contribution in [0.5, 0.6) is 5.75 Å². The third-order valence-electron chi connectivity index (χ3n) is 6.02. The van der Waals surface area contributed by atoms with Crippen LogP contribution in [0.4, 0.5) is 0 Å². The first kappa shape index (κ1) is 22.8. The number of aryl methyl sites for hydroxylation is 1. The van der Waals surface area contributed by atoms with Crippen LogP contribution in [0.1, 0.15) is 66.1 Å². The third-order valence-corrected chi connectivity index (χ3v) is 6.02. The molecule has 3 aromatic rings. The van der Waals surface area contributed by atoms with E-state index < -0.39 is 0 Å². The molecule has 1 fully saturated rings. The number of piperidine rings is 1. The fourth-order valence-electron chi connectivity index (χ4n) is 4.21. The lowest BCUT2D eigenvalue weighted by atomic mass is 10.0. The lowest BCUT2D eigenvalue weighted by Gasteiger charge is -2.32. The van der Waals surface area contributed by atoms with E-state index in [0.29, 0.717) is 49.4 Å². The Hall–Kier alpha value is -3.42. The number of carbonyl (C=O) groups is 2. The number of carbonyl (C=O) groups excluding carboxylic acids is 2. The number of amides is 2. The normalized spacial score (nSPS) is 14.6. The lowest BCUT2D eigenvalue weighted by molar-refractivity contribution is 0.0698. The molecule has 0 bridgehead atoms. The van der Waals surface area contributed by atoms with Crippen LogP contribution in [0.25, 0.3) is 11.0 Å². The van der Waals surface area contributed by atoms with Gasteiger partial charge in [-0.1, -0.05) is 0 Å². The number of rotatable bonds is 6. The first-order chi connectivity index (χ1) is 15.9. The minimum atomic E-state index is -0.129. The summed E-state index contributed by atoms with van der Waals surface area (Å²) in [7, 11) is 0. The van der Waals surface area contributed by atoms with Crippen LogP contribution < -0.4 is 10.1 Å². The zero-order valence-electron chi connectivity index (χ0n) is 19.7. The van der Waals surface area contributed by atoms with Crippen LogP contribution in [-0.2, 0) is 0 Å². The largest absolute Gasteiger partial charge is 0.494 e. The number of hydrogen-bond acceptors (Lipinski definition) is 5. The highest BCUT2D eigenvalue weighted by Gasteiger charge is 2.26. The van der Waals surface area contributed by atoms with Crippen molar-refractivity contribution in [3.05, 3.63) is 53.3 Å². The Labute approximate surface area is 193 Å². The average molecular weight is 450 g/mol. The van der Waals surface area contributed by atoms with Crippen LogP contribution in [0.2, 0.25) is 0 Å². The van der Waals surface area contributed by atoms with Crippen LogP contribution in [0.3, 0.4) is 0 Å². The molecule has 174 valence electrons. The maximum absolute atomic E-state index is 13.0. The smallest absolute Gasteiger partial charge is 0.253 e. The number of hydrogen-bond donors (Lipinski definition) is 1. The zero-order chi connectivity index (χ0) is 23.5. The minimum absolute atomic E-state index is 0.00971. The second kappa shape index (κ2) is 9.60. The van der Waals surface area contributed by atoms with Crippen molar-refractivity contribution in [2.24, 2.45) is 0 Å². The summed E-state index contributed by atoms with van der Waals surface area (Å²) in [5.74, 6) is 0.640. The summed E-state index contributed by atoms with van der Waals surface area (Å²) in [5.41, 5.74) is 2.70. The molecule has 0 aliphatic carbocycles. The van der Waals surface area contributed by atoms with Gasteiger partial charge in [-0.2, -0.15) is 5.10 Å².